The number of carbonyl (C=O) groups excluding carboxylic acids is 1. The Balaban J connectivity index is 2.64. The minimum Gasteiger partial charge on any atom is -0.335 e. The second kappa shape index (κ2) is 4.30. The van der Waals surface area contributed by atoms with Gasteiger partial charge in [-0.25, -0.2) is 0 Å². The van der Waals surface area contributed by atoms with Crippen LogP contribution in [0.15, 0.2) is 0 Å². The molecule has 1 N–H and O–H groups in total. The summed E-state index contributed by atoms with van der Waals surface area (Å²) in [5, 5.41) is 3.10. The highest BCUT2D eigenvalue weighted by atomic mass is 16.2. The Morgan fingerprint density at radius 2 is 2.14 bits per heavy atom. The molecule has 0 aliphatic carbocycles. The molecule has 1 aliphatic rings. The molecule has 0 bridgehead atoms. The number of carbonyl (C=O) groups is 1. The van der Waals surface area contributed by atoms with Crippen LogP contribution in [-0.4, -0.2) is 36.0 Å². The lowest BCUT2D eigenvalue weighted by molar-refractivity contribution is -0.138. The van der Waals surface area contributed by atoms with Crippen LogP contribution in [-0.2, 0) is 4.79 Å². The summed E-state index contributed by atoms with van der Waals surface area (Å²) in [6.07, 6.45) is 1.07. The zero-order valence-electron chi connectivity index (χ0n) is 9.76. The molecule has 3 nitrogen and oxygen atoms in total. The monoisotopic (exact) mass is 198 g/mol. The summed E-state index contributed by atoms with van der Waals surface area (Å²) < 4.78 is 0. The highest BCUT2D eigenvalue weighted by Crippen LogP contribution is 2.23. The van der Waals surface area contributed by atoms with Gasteiger partial charge >= 0.3 is 0 Å². The molecule has 0 saturated carbocycles. The number of piperazine rings is 1. The molecule has 1 amide bonds. The normalized spacial score (nSPS) is 19.2. The number of nitrogens with one attached hydrogen (secondary N) is 1. The van der Waals surface area contributed by atoms with E-state index in [9.17, 15) is 4.79 Å². The van der Waals surface area contributed by atoms with Crippen LogP contribution in [0.25, 0.3) is 0 Å². The minimum atomic E-state index is 0.00729. The van der Waals surface area contributed by atoms with Crippen molar-refractivity contribution in [3.8, 4) is 0 Å². The number of hydrogen-bond donors (Lipinski definition) is 1. The third kappa shape index (κ3) is 2.71. The van der Waals surface area contributed by atoms with Crippen LogP contribution in [0, 0.1) is 5.92 Å². The lowest BCUT2D eigenvalue weighted by atomic mass is 9.90. The van der Waals surface area contributed by atoms with E-state index in [0.717, 1.165) is 19.5 Å². The fraction of sp³-hybridized carbons (Fsp3) is 0.909. The quantitative estimate of drug-likeness (QED) is 0.740. The number of hydrogen-bond acceptors (Lipinski definition) is 2. The van der Waals surface area contributed by atoms with E-state index in [4.69, 9.17) is 0 Å². The van der Waals surface area contributed by atoms with Gasteiger partial charge in [0, 0.05) is 18.6 Å². The maximum atomic E-state index is 11.7. The predicted molar refractivity (Wildman–Crippen MR) is 58.1 cm³/mol. The molecule has 0 spiro atoms. The van der Waals surface area contributed by atoms with E-state index < -0.39 is 0 Å². The van der Waals surface area contributed by atoms with Gasteiger partial charge in [0.2, 0.25) is 5.91 Å². The van der Waals surface area contributed by atoms with E-state index in [1.165, 1.54) is 0 Å². The Morgan fingerprint density at radius 1 is 1.50 bits per heavy atom. The van der Waals surface area contributed by atoms with Crippen molar-refractivity contribution in [2.24, 2.45) is 5.92 Å². The van der Waals surface area contributed by atoms with Gasteiger partial charge in [0.05, 0.1) is 6.54 Å². The zero-order valence-corrected chi connectivity index (χ0v) is 9.76. The van der Waals surface area contributed by atoms with Gasteiger partial charge in [0.1, 0.15) is 0 Å². The Hall–Kier alpha value is -0.570. The maximum absolute atomic E-state index is 11.7. The summed E-state index contributed by atoms with van der Waals surface area (Å²) in [5.74, 6) is 0.870. The van der Waals surface area contributed by atoms with Crippen molar-refractivity contribution >= 4 is 5.91 Å². The third-order valence-corrected chi connectivity index (χ3v) is 2.73. The first-order valence-electron chi connectivity index (χ1n) is 5.44. The molecular weight excluding hydrogens is 176 g/mol. The molecule has 0 unspecified atom stereocenters. The zero-order chi connectivity index (χ0) is 10.8. The molecule has 1 fully saturated rings. The Morgan fingerprint density at radius 3 is 2.64 bits per heavy atom. The summed E-state index contributed by atoms with van der Waals surface area (Å²) >= 11 is 0. The van der Waals surface area contributed by atoms with E-state index >= 15 is 0 Å². The van der Waals surface area contributed by atoms with Gasteiger partial charge in [0.15, 0.2) is 0 Å². The summed E-state index contributed by atoms with van der Waals surface area (Å²) in [5.41, 5.74) is 0.00729. The van der Waals surface area contributed by atoms with Crippen molar-refractivity contribution in [1.29, 1.82) is 0 Å². The fourth-order valence-corrected chi connectivity index (χ4v) is 2.36. The van der Waals surface area contributed by atoms with Crippen LogP contribution in [0.4, 0.5) is 0 Å². The number of rotatable bonds is 3. The SMILES string of the molecule is CC(C)CC(C)(C)N1CCNCC1=O. The van der Waals surface area contributed by atoms with Crippen LogP contribution < -0.4 is 5.32 Å². The first-order chi connectivity index (χ1) is 6.43. The van der Waals surface area contributed by atoms with E-state index in [1.807, 2.05) is 4.90 Å². The standard InChI is InChI=1S/C11H22N2O/c1-9(2)7-11(3,4)13-6-5-12-8-10(13)14/h9,12H,5-8H2,1-4H3. The van der Waals surface area contributed by atoms with Crippen LogP contribution in [0.1, 0.15) is 34.1 Å². The first-order valence-corrected chi connectivity index (χ1v) is 5.44. The fourth-order valence-electron chi connectivity index (χ4n) is 2.36. The largest absolute Gasteiger partial charge is 0.335 e. The highest BCUT2D eigenvalue weighted by molar-refractivity contribution is 5.79. The van der Waals surface area contributed by atoms with Gasteiger partial charge in [0.25, 0.3) is 0 Å². The summed E-state index contributed by atoms with van der Waals surface area (Å²) in [6.45, 7) is 11.0. The third-order valence-electron chi connectivity index (χ3n) is 2.73. The summed E-state index contributed by atoms with van der Waals surface area (Å²) in [6, 6.07) is 0. The smallest absolute Gasteiger partial charge is 0.237 e. The van der Waals surface area contributed by atoms with Crippen molar-refractivity contribution in [3.05, 3.63) is 0 Å². The second-order valence-electron chi connectivity index (χ2n) is 5.13. The van der Waals surface area contributed by atoms with Crippen LogP contribution in [0.3, 0.4) is 0 Å². The lowest BCUT2D eigenvalue weighted by Gasteiger charge is -2.42. The van der Waals surface area contributed by atoms with E-state index in [-0.39, 0.29) is 11.4 Å². The molecule has 0 aromatic heterocycles. The molecule has 0 aromatic carbocycles. The van der Waals surface area contributed by atoms with Crippen molar-refractivity contribution < 1.29 is 4.79 Å². The Labute approximate surface area is 86.9 Å². The van der Waals surface area contributed by atoms with Gasteiger partial charge in [-0.15, -0.1) is 0 Å². The van der Waals surface area contributed by atoms with Crippen LogP contribution >= 0.6 is 0 Å². The minimum absolute atomic E-state index is 0.00729. The predicted octanol–water partition coefficient (Wildman–Crippen LogP) is 1.24. The van der Waals surface area contributed by atoms with Crippen molar-refractivity contribution in [2.75, 3.05) is 19.6 Å². The Kier molecular flexibility index (Phi) is 3.53. The maximum Gasteiger partial charge on any atom is 0.237 e. The molecule has 1 aliphatic heterocycles. The van der Waals surface area contributed by atoms with Gasteiger partial charge in [-0.2, -0.15) is 0 Å². The Bertz CT molecular complexity index is 211. The molecule has 0 aromatic rings. The average molecular weight is 198 g/mol. The average Bonchev–Trinajstić information content (AvgIpc) is 2.02. The molecule has 82 valence electrons. The summed E-state index contributed by atoms with van der Waals surface area (Å²) in [4.78, 5) is 13.7. The molecule has 1 rings (SSSR count). The number of nitrogens with zero attached hydrogens (tertiary/aromatic N) is 1. The first kappa shape index (κ1) is 11.5. The summed E-state index contributed by atoms with van der Waals surface area (Å²) in [7, 11) is 0. The molecule has 0 radical (unpaired) electrons. The topological polar surface area (TPSA) is 32.3 Å². The van der Waals surface area contributed by atoms with Gasteiger partial charge < -0.3 is 10.2 Å². The van der Waals surface area contributed by atoms with Crippen LogP contribution in [0.5, 0.6) is 0 Å². The molecule has 1 heterocycles. The van der Waals surface area contributed by atoms with Gasteiger partial charge in [-0.1, -0.05) is 13.8 Å². The van der Waals surface area contributed by atoms with Crippen molar-refractivity contribution in [1.82, 2.24) is 10.2 Å². The van der Waals surface area contributed by atoms with Crippen molar-refractivity contribution in [3.63, 3.8) is 0 Å². The molecule has 0 atom stereocenters. The molecular formula is C11H22N2O. The van der Waals surface area contributed by atoms with E-state index in [2.05, 4.69) is 33.0 Å². The van der Waals surface area contributed by atoms with Gasteiger partial charge in [-0.3, -0.25) is 4.79 Å². The molecule has 14 heavy (non-hydrogen) atoms. The highest BCUT2D eigenvalue weighted by Gasteiger charge is 2.32. The molecule has 3 heteroatoms. The van der Waals surface area contributed by atoms with Gasteiger partial charge in [-0.05, 0) is 26.2 Å². The van der Waals surface area contributed by atoms with Crippen LogP contribution in [0.2, 0.25) is 0 Å². The lowest BCUT2D eigenvalue weighted by Crippen LogP contribution is -2.57. The van der Waals surface area contributed by atoms with Crippen molar-refractivity contribution in [2.45, 2.75) is 39.7 Å². The van der Waals surface area contributed by atoms with E-state index in [0.29, 0.717) is 12.5 Å². The number of amides is 1. The molecule has 1 saturated heterocycles. The van der Waals surface area contributed by atoms with E-state index in [1.54, 1.807) is 0 Å². The second-order valence-corrected chi connectivity index (χ2v) is 5.13.